The Labute approximate surface area is 93.0 Å². The first kappa shape index (κ1) is 16.7. The minimum atomic E-state index is -1.55. The van der Waals surface area contributed by atoms with E-state index in [-0.39, 0.29) is 23.5 Å². The van der Waals surface area contributed by atoms with Crippen molar-refractivity contribution in [2.24, 2.45) is 0 Å². The summed E-state index contributed by atoms with van der Waals surface area (Å²) in [7, 11) is 1.57. The van der Waals surface area contributed by atoms with Gasteiger partial charge in [-0.2, -0.15) is 0 Å². The Morgan fingerprint density at radius 2 is 1.43 bits per heavy atom. The number of likely N-dealkylation sites (N-methyl/N-ethyl adjacent to an activating group) is 1. The highest BCUT2D eigenvalue weighted by atomic mass is 79.9. The number of halogens is 1. The summed E-state index contributed by atoms with van der Waals surface area (Å²) in [4.78, 5) is 0. The lowest BCUT2D eigenvalue weighted by molar-refractivity contribution is -0.113. The van der Waals surface area contributed by atoms with Gasteiger partial charge < -0.3 is 30.8 Å². The number of nitrogens with one attached hydrogen (secondary N) is 1. The van der Waals surface area contributed by atoms with Gasteiger partial charge in [-0.05, 0) is 7.05 Å². The molecule has 0 aromatic carbocycles. The molecule has 4 atom stereocenters. The van der Waals surface area contributed by atoms with Crippen molar-refractivity contribution in [3.63, 3.8) is 0 Å². The van der Waals surface area contributed by atoms with E-state index in [2.05, 4.69) is 5.32 Å². The quantitative estimate of drug-likeness (QED) is 0.313. The van der Waals surface area contributed by atoms with Crippen molar-refractivity contribution in [2.45, 2.75) is 24.4 Å². The van der Waals surface area contributed by atoms with Crippen molar-refractivity contribution in [2.75, 3.05) is 20.2 Å². The fraction of sp³-hybridized carbons (Fsp3) is 1.00. The molecular formula is C7H18BrNO5. The van der Waals surface area contributed by atoms with Gasteiger partial charge in [0.1, 0.15) is 18.3 Å². The van der Waals surface area contributed by atoms with Gasteiger partial charge in [0.05, 0.1) is 12.7 Å². The summed E-state index contributed by atoms with van der Waals surface area (Å²) < 4.78 is 0. The van der Waals surface area contributed by atoms with E-state index in [9.17, 15) is 5.11 Å². The topological polar surface area (TPSA) is 113 Å². The van der Waals surface area contributed by atoms with E-state index in [0.717, 1.165) is 0 Å². The first-order valence-corrected chi connectivity index (χ1v) is 4.02. The van der Waals surface area contributed by atoms with Gasteiger partial charge in [0.15, 0.2) is 0 Å². The standard InChI is InChI=1S/C7H17NO5.BrH/c1-8-2-4(10)6(12)7(13)5(11)3-9;/h4-13H,2-3H2,1H3;1H. The van der Waals surface area contributed by atoms with Crippen LogP contribution >= 0.6 is 17.0 Å². The summed E-state index contributed by atoms with van der Waals surface area (Å²) in [6.45, 7) is -0.569. The molecule has 0 heterocycles. The second-order valence-corrected chi connectivity index (χ2v) is 2.86. The number of rotatable bonds is 6. The first-order valence-electron chi connectivity index (χ1n) is 4.02. The van der Waals surface area contributed by atoms with E-state index in [1.165, 1.54) is 0 Å². The summed E-state index contributed by atoms with van der Waals surface area (Å²) in [5.41, 5.74) is 0. The predicted molar refractivity (Wildman–Crippen MR) is 55.4 cm³/mol. The molecule has 0 saturated heterocycles. The van der Waals surface area contributed by atoms with E-state index in [1.54, 1.807) is 7.05 Å². The molecule has 0 aliphatic heterocycles. The van der Waals surface area contributed by atoms with Crippen molar-refractivity contribution in [3.05, 3.63) is 0 Å². The van der Waals surface area contributed by atoms with Crippen molar-refractivity contribution in [1.29, 1.82) is 0 Å². The molecule has 88 valence electrons. The Morgan fingerprint density at radius 3 is 1.79 bits per heavy atom. The molecule has 7 heteroatoms. The molecule has 0 bridgehead atoms. The Balaban J connectivity index is 0. The van der Waals surface area contributed by atoms with Gasteiger partial charge in [0, 0.05) is 6.54 Å². The average Bonchev–Trinajstić information content (AvgIpc) is 2.14. The third-order valence-electron chi connectivity index (χ3n) is 1.74. The summed E-state index contributed by atoms with van der Waals surface area (Å²) in [5.74, 6) is 0. The van der Waals surface area contributed by atoms with Crippen LogP contribution in [0.4, 0.5) is 0 Å². The van der Waals surface area contributed by atoms with Gasteiger partial charge in [-0.1, -0.05) is 0 Å². The Bertz CT molecular complexity index is 139. The molecule has 0 aromatic heterocycles. The normalized spacial score (nSPS) is 19.3. The van der Waals surface area contributed by atoms with E-state index < -0.39 is 31.0 Å². The summed E-state index contributed by atoms with van der Waals surface area (Å²) in [6.07, 6.45) is -5.65. The van der Waals surface area contributed by atoms with Crippen LogP contribution in [0.2, 0.25) is 0 Å². The van der Waals surface area contributed by atoms with Gasteiger partial charge in [-0.3, -0.25) is 0 Å². The van der Waals surface area contributed by atoms with Crippen LogP contribution in [-0.2, 0) is 0 Å². The number of hydrogen-bond donors (Lipinski definition) is 6. The molecule has 0 saturated carbocycles. The molecule has 0 fully saturated rings. The number of aliphatic hydroxyl groups excluding tert-OH is 5. The van der Waals surface area contributed by atoms with Crippen LogP contribution in [0, 0.1) is 0 Å². The molecular weight excluding hydrogens is 258 g/mol. The summed E-state index contributed by atoms with van der Waals surface area (Å²) in [6, 6.07) is 0. The van der Waals surface area contributed by atoms with Crippen LogP contribution in [0.25, 0.3) is 0 Å². The SMILES string of the molecule is Br.CNCC(O)C(O)C(O)C(O)CO. The monoisotopic (exact) mass is 275 g/mol. The lowest BCUT2D eigenvalue weighted by Crippen LogP contribution is -2.48. The highest BCUT2D eigenvalue weighted by Crippen LogP contribution is 2.04. The lowest BCUT2D eigenvalue weighted by atomic mass is 10.0. The maximum absolute atomic E-state index is 9.21. The zero-order valence-electron chi connectivity index (χ0n) is 7.87. The molecule has 14 heavy (non-hydrogen) atoms. The van der Waals surface area contributed by atoms with Crippen LogP contribution in [0.15, 0.2) is 0 Å². The molecule has 0 radical (unpaired) electrons. The zero-order valence-corrected chi connectivity index (χ0v) is 9.58. The molecule has 0 amide bonds. The molecule has 0 aliphatic rings. The second-order valence-electron chi connectivity index (χ2n) is 2.86. The number of aliphatic hydroxyl groups is 5. The van der Waals surface area contributed by atoms with Gasteiger partial charge in [-0.25, -0.2) is 0 Å². The predicted octanol–water partition coefficient (Wildman–Crippen LogP) is -2.78. The molecule has 6 N–H and O–H groups in total. The van der Waals surface area contributed by atoms with Crippen LogP contribution in [0.1, 0.15) is 0 Å². The minimum Gasteiger partial charge on any atom is -0.394 e. The molecule has 6 nitrogen and oxygen atoms in total. The second kappa shape index (κ2) is 8.54. The fourth-order valence-electron chi connectivity index (χ4n) is 0.893. The summed E-state index contributed by atoms with van der Waals surface area (Å²) in [5, 5.41) is 47.5. The Morgan fingerprint density at radius 1 is 1.00 bits per heavy atom. The third kappa shape index (κ3) is 5.20. The maximum Gasteiger partial charge on any atom is 0.111 e. The van der Waals surface area contributed by atoms with Crippen LogP contribution in [-0.4, -0.2) is 70.1 Å². The van der Waals surface area contributed by atoms with Gasteiger partial charge in [-0.15, -0.1) is 17.0 Å². The minimum absolute atomic E-state index is 0. The van der Waals surface area contributed by atoms with E-state index in [4.69, 9.17) is 20.4 Å². The van der Waals surface area contributed by atoms with E-state index in [1.807, 2.05) is 0 Å². The van der Waals surface area contributed by atoms with E-state index in [0.29, 0.717) is 0 Å². The first-order chi connectivity index (χ1) is 6.04. The third-order valence-corrected chi connectivity index (χ3v) is 1.74. The Kier molecular flexibility index (Phi) is 10.2. The van der Waals surface area contributed by atoms with Crippen LogP contribution < -0.4 is 5.32 Å². The Hall–Kier alpha value is 0.240. The smallest absolute Gasteiger partial charge is 0.111 e. The highest BCUT2D eigenvalue weighted by molar-refractivity contribution is 8.93. The van der Waals surface area contributed by atoms with Crippen molar-refractivity contribution < 1.29 is 25.5 Å². The number of hydrogen-bond acceptors (Lipinski definition) is 6. The van der Waals surface area contributed by atoms with Gasteiger partial charge >= 0.3 is 0 Å². The summed E-state index contributed by atoms with van der Waals surface area (Å²) >= 11 is 0. The lowest BCUT2D eigenvalue weighted by Gasteiger charge is -2.25. The highest BCUT2D eigenvalue weighted by Gasteiger charge is 2.29. The van der Waals surface area contributed by atoms with Crippen LogP contribution in [0.5, 0.6) is 0 Å². The van der Waals surface area contributed by atoms with Crippen molar-refractivity contribution >= 4 is 17.0 Å². The van der Waals surface area contributed by atoms with E-state index >= 15 is 0 Å². The van der Waals surface area contributed by atoms with Crippen molar-refractivity contribution in [1.82, 2.24) is 5.32 Å². The molecule has 0 aliphatic carbocycles. The largest absolute Gasteiger partial charge is 0.394 e. The fourth-order valence-corrected chi connectivity index (χ4v) is 0.893. The molecule has 4 unspecified atom stereocenters. The van der Waals surface area contributed by atoms with Gasteiger partial charge in [0.25, 0.3) is 0 Å². The van der Waals surface area contributed by atoms with Crippen LogP contribution in [0.3, 0.4) is 0 Å². The van der Waals surface area contributed by atoms with Gasteiger partial charge in [0.2, 0.25) is 0 Å². The molecule has 0 aromatic rings. The van der Waals surface area contributed by atoms with Crippen molar-refractivity contribution in [3.8, 4) is 0 Å². The zero-order chi connectivity index (χ0) is 10.4. The maximum atomic E-state index is 9.21. The average molecular weight is 276 g/mol. The molecule has 0 spiro atoms. The molecule has 0 rings (SSSR count).